The fraction of sp³-hybridized carbons (Fsp3) is 0.500. The molecule has 1 unspecified atom stereocenters. The van der Waals surface area contributed by atoms with Gasteiger partial charge in [0, 0.05) is 6.20 Å². The van der Waals surface area contributed by atoms with Crippen molar-refractivity contribution in [2.45, 2.75) is 32.6 Å². The third kappa shape index (κ3) is 1.87. The number of hydrogen-bond donors (Lipinski definition) is 0. The second kappa shape index (κ2) is 4.51. The molecule has 2 aromatic rings. The third-order valence-electron chi connectivity index (χ3n) is 2.87. The van der Waals surface area contributed by atoms with E-state index in [4.69, 9.17) is 4.74 Å². The molecule has 2 rings (SSSR count). The van der Waals surface area contributed by atoms with Crippen molar-refractivity contribution < 1.29 is 4.74 Å². The number of aromatic nitrogens is 3. The molecule has 0 spiro atoms. The summed E-state index contributed by atoms with van der Waals surface area (Å²) in [5.41, 5.74) is 2.02. The van der Waals surface area contributed by atoms with E-state index in [2.05, 4.69) is 30.0 Å². The van der Waals surface area contributed by atoms with Gasteiger partial charge in [0.05, 0.1) is 7.11 Å². The van der Waals surface area contributed by atoms with Crippen LogP contribution in [0.15, 0.2) is 18.6 Å². The molecule has 0 bridgehead atoms. The summed E-state index contributed by atoms with van der Waals surface area (Å²) in [6, 6.07) is 2.06. The Kier molecular flexibility index (Phi) is 3.08. The van der Waals surface area contributed by atoms with E-state index in [0.29, 0.717) is 5.92 Å². The molecule has 2 heterocycles. The van der Waals surface area contributed by atoms with Crippen molar-refractivity contribution in [1.82, 2.24) is 14.6 Å². The summed E-state index contributed by atoms with van der Waals surface area (Å²) in [6.45, 7) is 4.42. The lowest BCUT2D eigenvalue weighted by atomic mass is 9.98. The molecule has 0 amide bonds. The van der Waals surface area contributed by atoms with E-state index in [0.717, 1.165) is 11.4 Å². The lowest BCUT2D eigenvalue weighted by Gasteiger charge is -2.12. The van der Waals surface area contributed by atoms with Crippen LogP contribution in [0.2, 0.25) is 0 Å². The van der Waals surface area contributed by atoms with Gasteiger partial charge in [-0.2, -0.15) is 5.10 Å². The van der Waals surface area contributed by atoms with E-state index >= 15 is 0 Å². The molecule has 0 fully saturated rings. The van der Waals surface area contributed by atoms with Gasteiger partial charge in [0.2, 0.25) is 0 Å². The Bertz CT molecular complexity index is 478. The summed E-state index contributed by atoms with van der Waals surface area (Å²) in [6.07, 6.45) is 5.93. The Morgan fingerprint density at radius 2 is 2.31 bits per heavy atom. The summed E-state index contributed by atoms with van der Waals surface area (Å²) in [5, 5.41) is 4.16. The Morgan fingerprint density at radius 3 is 3.00 bits per heavy atom. The highest BCUT2D eigenvalue weighted by Crippen LogP contribution is 2.26. The Hall–Kier alpha value is -1.58. The first-order chi connectivity index (χ1) is 7.76. The first-order valence-electron chi connectivity index (χ1n) is 5.63. The van der Waals surface area contributed by atoms with Crippen LogP contribution in [0.3, 0.4) is 0 Å². The van der Waals surface area contributed by atoms with Gasteiger partial charge in [-0.3, -0.25) is 0 Å². The summed E-state index contributed by atoms with van der Waals surface area (Å²) < 4.78 is 7.11. The minimum Gasteiger partial charge on any atom is -0.493 e. The van der Waals surface area contributed by atoms with Gasteiger partial charge >= 0.3 is 0 Å². The molecule has 0 saturated carbocycles. The van der Waals surface area contributed by atoms with Crippen molar-refractivity contribution in [3.05, 3.63) is 24.2 Å². The third-order valence-corrected chi connectivity index (χ3v) is 2.87. The molecule has 86 valence electrons. The van der Waals surface area contributed by atoms with E-state index in [1.54, 1.807) is 18.0 Å². The van der Waals surface area contributed by atoms with Crippen molar-refractivity contribution in [2.75, 3.05) is 7.11 Å². The van der Waals surface area contributed by atoms with Gasteiger partial charge in [-0.25, -0.2) is 9.50 Å². The van der Waals surface area contributed by atoms with E-state index in [1.165, 1.54) is 18.4 Å². The van der Waals surface area contributed by atoms with Crippen LogP contribution < -0.4 is 4.74 Å². The molecule has 16 heavy (non-hydrogen) atoms. The van der Waals surface area contributed by atoms with Crippen LogP contribution in [0.1, 0.15) is 38.2 Å². The van der Waals surface area contributed by atoms with E-state index < -0.39 is 0 Å². The number of ether oxygens (including phenoxy) is 1. The number of pyridine rings is 1. The maximum Gasteiger partial charge on any atom is 0.197 e. The number of hydrogen-bond acceptors (Lipinski definition) is 3. The molecule has 0 radical (unpaired) electrons. The average molecular weight is 219 g/mol. The van der Waals surface area contributed by atoms with Gasteiger partial charge in [-0.05, 0) is 24.0 Å². The molecule has 4 heteroatoms. The van der Waals surface area contributed by atoms with Gasteiger partial charge in [-0.1, -0.05) is 20.3 Å². The lowest BCUT2D eigenvalue weighted by molar-refractivity contribution is 0.415. The van der Waals surface area contributed by atoms with Crippen molar-refractivity contribution >= 4 is 5.65 Å². The SMILES string of the molecule is CCCC(C)c1cc(OC)c2ncnn2c1. The topological polar surface area (TPSA) is 39.4 Å². The van der Waals surface area contributed by atoms with E-state index in [1.807, 2.05) is 6.20 Å². The highest BCUT2D eigenvalue weighted by atomic mass is 16.5. The van der Waals surface area contributed by atoms with Crippen molar-refractivity contribution in [3.8, 4) is 5.75 Å². The minimum atomic E-state index is 0.521. The first kappa shape index (κ1) is 10.9. The second-order valence-electron chi connectivity index (χ2n) is 4.06. The molecule has 0 saturated heterocycles. The fourth-order valence-electron chi connectivity index (χ4n) is 1.93. The van der Waals surface area contributed by atoms with Crippen molar-refractivity contribution in [2.24, 2.45) is 0 Å². The predicted octanol–water partition coefficient (Wildman–Crippen LogP) is 2.64. The molecular weight excluding hydrogens is 202 g/mol. The van der Waals surface area contributed by atoms with Crippen molar-refractivity contribution in [3.63, 3.8) is 0 Å². The maximum atomic E-state index is 5.33. The monoisotopic (exact) mass is 219 g/mol. The zero-order valence-electron chi connectivity index (χ0n) is 9.97. The summed E-state index contributed by atoms with van der Waals surface area (Å²) in [7, 11) is 1.66. The maximum absolute atomic E-state index is 5.33. The molecule has 0 aliphatic rings. The van der Waals surface area contributed by atoms with Gasteiger partial charge in [0.15, 0.2) is 11.4 Å². The molecule has 1 atom stereocenters. The second-order valence-corrected chi connectivity index (χ2v) is 4.06. The molecule has 0 N–H and O–H groups in total. The lowest BCUT2D eigenvalue weighted by Crippen LogP contribution is -1.99. The summed E-state index contributed by atoms with van der Waals surface area (Å²) in [5.74, 6) is 1.31. The molecule has 0 aliphatic carbocycles. The molecule has 0 aliphatic heterocycles. The van der Waals surface area contributed by atoms with Crippen LogP contribution in [0, 0.1) is 0 Å². The number of methoxy groups -OCH3 is 1. The van der Waals surface area contributed by atoms with Crippen LogP contribution >= 0.6 is 0 Å². The van der Waals surface area contributed by atoms with Gasteiger partial charge in [0.25, 0.3) is 0 Å². The van der Waals surface area contributed by atoms with Crippen LogP contribution in [0.25, 0.3) is 5.65 Å². The first-order valence-corrected chi connectivity index (χ1v) is 5.63. The zero-order valence-corrected chi connectivity index (χ0v) is 9.97. The van der Waals surface area contributed by atoms with Gasteiger partial charge < -0.3 is 4.74 Å². The highest BCUT2D eigenvalue weighted by Gasteiger charge is 2.11. The predicted molar refractivity (Wildman–Crippen MR) is 62.9 cm³/mol. The number of nitrogens with zero attached hydrogens (tertiary/aromatic N) is 3. The standard InChI is InChI=1S/C12H17N3O/c1-4-5-9(2)10-6-11(16-3)12-13-8-14-15(12)7-10/h6-9H,4-5H2,1-3H3. The molecule has 2 aromatic heterocycles. The Balaban J connectivity index is 2.46. The summed E-state index contributed by atoms with van der Waals surface area (Å²) in [4.78, 5) is 4.16. The zero-order chi connectivity index (χ0) is 11.5. The molecule has 0 aromatic carbocycles. The molecular formula is C12H17N3O. The molecule has 4 nitrogen and oxygen atoms in total. The van der Waals surface area contributed by atoms with Crippen LogP contribution in [-0.4, -0.2) is 21.7 Å². The number of fused-ring (bicyclic) bond motifs is 1. The minimum absolute atomic E-state index is 0.521. The normalized spacial score (nSPS) is 12.9. The summed E-state index contributed by atoms with van der Waals surface area (Å²) >= 11 is 0. The quantitative estimate of drug-likeness (QED) is 0.793. The Morgan fingerprint density at radius 1 is 1.50 bits per heavy atom. The smallest absolute Gasteiger partial charge is 0.197 e. The van der Waals surface area contributed by atoms with Crippen LogP contribution in [-0.2, 0) is 0 Å². The Labute approximate surface area is 95.3 Å². The average Bonchev–Trinajstić information content (AvgIpc) is 2.75. The largest absolute Gasteiger partial charge is 0.493 e. The van der Waals surface area contributed by atoms with Crippen LogP contribution in [0.5, 0.6) is 5.75 Å². The van der Waals surface area contributed by atoms with E-state index in [-0.39, 0.29) is 0 Å². The fourth-order valence-corrected chi connectivity index (χ4v) is 1.93. The van der Waals surface area contributed by atoms with Gasteiger partial charge in [0.1, 0.15) is 6.33 Å². The van der Waals surface area contributed by atoms with E-state index in [9.17, 15) is 0 Å². The van der Waals surface area contributed by atoms with Crippen LogP contribution in [0.4, 0.5) is 0 Å². The van der Waals surface area contributed by atoms with Gasteiger partial charge in [-0.15, -0.1) is 0 Å². The highest BCUT2D eigenvalue weighted by molar-refractivity contribution is 5.54. The number of rotatable bonds is 4. The van der Waals surface area contributed by atoms with Crippen molar-refractivity contribution in [1.29, 1.82) is 0 Å².